The van der Waals surface area contributed by atoms with Crippen molar-refractivity contribution in [2.45, 2.75) is 32.0 Å². The summed E-state index contributed by atoms with van der Waals surface area (Å²) in [5.74, 6) is -4.36. The van der Waals surface area contributed by atoms with Gasteiger partial charge in [-0.3, -0.25) is 38.9 Å². The summed E-state index contributed by atoms with van der Waals surface area (Å²) in [6.07, 6.45) is -0.456. The second-order valence-corrected chi connectivity index (χ2v) is 7.65. The lowest BCUT2D eigenvalue weighted by atomic mass is 10.1. The van der Waals surface area contributed by atoms with Crippen molar-refractivity contribution in [2.24, 2.45) is 0 Å². The van der Waals surface area contributed by atoms with E-state index < -0.39 is 29.9 Å². The summed E-state index contributed by atoms with van der Waals surface area (Å²) >= 11 is 0. The highest BCUT2D eigenvalue weighted by atomic mass is 16.4. The molecule has 1 aliphatic rings. The molecule has 176 valence electrons. The quantitative estimate of drug-likeness (QED) is 0.379. The monoisotopic (exact) mass is 452 g/mol. The molecular formula is C20H28N4O8. The first kappa shape index (κ1) is 25.2. The molecule has 2 rings (SSSR count). The van der Waals surface area contributed by atoms with Crippen LogP contribution in [0.15, 0.2) is 18.2 Å². The van der Waals surface area contributed by atoms with Crippen LogP contribution in [0.3, 0.4) is 0 Å². The van der Waals surface area contributed by atoms with Crippen LogP contribution in [0.4, 0.5) is 0 Å². The average Bonchev–Trinajstić information content (AvgIpc) is 2.67. The van der Waals surface area contributed by atoms with Gasteiger partial charge in [0.05, 0.1) is 24.5 Å². The molecule has 1 aromatic heterocycles. The molecule has 1 aliphatic heterocycles. The van der Waals surface area contributed by atoms with E-state index in [1.54, 1.807) is 32.9 Å². The van der Waals surface area contributed by atoms with Gasteiger partial charge in [0.1, 0.15) is 6.04 Å². The Morgan fingerprint density at radius 3 is 1.72 bits per heavy atom. The molecular weight excluding hydrogens is 424 g/mol. The highest BCUT2D eigenvalue weighted by Gasteiger charge is 2.28. The van der Waals surface area contributed by atoms with E-state index in [-0.39, 0.29) is 65.2 Å². The van der Waals surface area contributed by atoms with Crippen molar-refractivity contribution in [3.8, 4) is 0 Å². The van der Waals surface area contributed by atoms with Crippen molar-refractivity contribution in [2.75, 3.05) is 39.3 Å². The fourth-order valence-electron chi connectivity index (χ4n) is 3.66. The van der Waals surface area contributed by atoms with Gasteiger partial charge in [-0.25, -0.2) is 0 Å². The Labute approximate surface area is 184 Å². The summed E-state index contributed by atoms with van der Waals surface area (Å²) in [6.45, 7) is 0.686. The van der Waals surface area contributed by atoms with Crippen molar-refractivity contribution < 1.29 is 39.6 Å². The number of pyridine rings is 1. The number of carboxylic acid groups (broad SMARTS) is 4. The minimum atomic E-state index is -1.18. The molecule has 1 atom stereocenters. The maximum absolute atomic E-state index is 11.9. The zero-order valence-electron chi connectivity index (χ0n) is 17.6. The van der Waals surface area contributed by atoms with E-state index in [4.69, 9.17) is 5.11 Å². The van der Waals surface area contributed by atoms with Crippen LogP contribution in [0.5, 0.6) is 0 Å². The summed E-state index contributed by atoms with van der Waals surface area (Å²) < 4.78 is 0. The topological polar surface area (TPSA) is 172 Å². The predicted octanol–water partition coefficient (Wildman–Crippen LogP) is -0.512. The van der Waals surface area contributed by atoms with Crippen LogP contribution in [-0.4, -0.2) is 109 Å². The molecule has 1 aromatic rings. The van der Waals surface area contributed by atoms with E-state index in [0.29, 0.717) is 11.4 Å². The summed E-state index contributed by atoms with van der Waals surface area (Å²) in [5.41, 5.74) is 1.23. The zero-order chi connectivity index (χ0) is 23.7. The van der Waals surface area contributed by atoms with Gasteiger partial charge in [0.2, 0.25) is 0 Å². The van der Waals surface area contributed by atoms with Gasteiger partial charge >= 0.3 is 23.9 Å². The number of aromatic nitrogens is 1. The molecule has 1 unspecified atom stereocenters. The Balaban J connectivity index is 2.33. The number of carbonyl (C=O) groups is 4. The molecule has 12 heteroatoms. The third-order valence-electron chi connectivity index (χ3n) is 5.12. The molecule has 4 N–H and O–H groups in total. The Kier molecular flexibility index (Phi) is 9.50. The smallest absolute Gasteiger partial charge is 0.320 e. The summed E-state index contributed by atoms with van der Waals surface area (Å²) in [5, 5.41) is 37.2. The van der Waals surface area contributed by atoms with Gasteiger partial charge in [-0.05, 0) is 18.6 Å². The zero-order valence-corrected chi connectivity index (χ0v) is 17.6. The molecule has 0 amide bonds. The largest absolute Gasteiger partial charge is 0.481 e. The van der Waals surface area contributed by atoms with Gasteiger partial charge < -0.3 is 20.4 Å². The predicted molar refractivity (Wildman–Crippen MR) is 110 cm³/mol. The van der Waals surface area contributed by atoms with E-state index in [0.717, 1.165) is 0 Å². The molecule has 0 radical (unpaired) electrons. The summed E-state index contributed by atoms with van der Waals surface area (Å²) in [7, 11) is 0. The van der Waals surface area contributed by atoms with Crippen molar-refractivity contribution in [1.82, 2.24) is 19.7 Å². The lowest BCUT2D eigenvalue weighted by Gasteiger charge is -2.33. The second kappa shape index (κ2) is 12.1. The third-order valence-corrected chi connectivity index (χ3v) is 5.12. The molecule has 2 heterocycles. The van der Waals surface area contributed by atoms with Gasteiger partial charge in [0, 0.05) is 45.7 Å². The molecule has 0 aliphatic carbocycles. The Morgan fingerprint density at radius 1 is 0.812 bits per heavy atom. The number of nitrogens with zero attached hydrogens (tertiary/aromatic N) is 4. The molecule has 0 spiro atoms. The fourth-order valence-corrected chi connectivity index (χ4v) is 3.66. The third kappa shape index (κ3) is 8.57. The lowest BCUT2D eigenvalue weighted by Crippen LogP contribution is -2.49. The number of aliphatic carboxylic acids is 4. The second-order valence-electron chi connectivity index (χ2n) is 7.65. The van der Waals surface area contributed by atoms with Crippen LogP contribution < -0.4 is 0 Å². The minimum Gasteiger partial charge on any atom is -0.481 e. The van der Waals surface area contributed by atoms with Gasteiger partial charge in [0.25, 0.3) is 0 Å². The highest BCUT2D eigenvalue weighted by molar-refractivity contribution is 5.75. The Hall–Kier alpha value is -3.09. The normalized spacial score (nSPS) is 17.6. The maximum Gasteiger partial charge on any atom is 0.320 e. The van der Waals surface area contributed by atoms with Crippen molar-refractivity contribution in [3.05, 3.63) is 29.6 Å². The van der Waals surface area contributed by atoms with Crippen molar-refractivity contribution in [1.29, 1.82) is 0 Å². The average molecular weight is 452 g/mol. The van der Waals surface area contributed by atoms with Crippen LogP contribution in [0.2, 0.25) is 0 Å². The molecule has 2 bridgehead atoms. The van der Waals surface area contributed by atoms with E-state index in [9.17, 15) is 34.5 Å². The molecule has 0 fully saturated rings. The first-order valence-corrected chi connectivity index (χ1v) is 10.2. The van der Waals surface area contributed by atoms with Crippen LogP contribution in [0, 0.1) is 0 Å². The number of fused-ring (bicyclic) bond motifs is 2. The molecule has 12 nitrogen and oxygen atoms in total. The van der Waals surface area contributed by atoms with Crippen LogP contribution >= 0.6 is 0 Å². The van der Waals surface area contributed by atoms with Crippen LogP contribution in [-0.2, 0) is 32.3 Å². The molecule has 0 saturated carbocycles. The van der Waals surface area contributed by atoms with Gasteiger partial charge in [-0.2, -0.15) is 0 Å². The first-order valence-electron chi connectivity index (χ1n) is 10.2. The van der Waals surface area contributed by atoms with Gasteiger partial charge in [0.15, 0.2) is 0 Å². The minimum absolute atomic E-state index is 0.122. The standard InChI is InChI=1S/C20H28N4O8/c25-17(26)5-4-16(20(31)32)24-8-6-22(12-18(27)28)10-14-2-1-3-15(21-14)11-23(7-9-24)13-19(29)30/h1-3,16H,4-13H2,(H,25,26)(H,27,28)(H,29,30)(H,31,32). The number of hydrogen-bond donors (Lipinski definition) is 4. The van der Waals surface area contributed by atoms with Crippen LogP contribution in [0.25, 0.3) is 0 Å². The SMILES string of the molecule is O=C(O)CCC(C(=O)O)N1CCN(CC(=O)O)Cc2cccc(n2)CN(CC(=O)O)CC1. The Bertz CT molecular complexity index is 788. The summed E-state index contributed by atoms with van der Waals surface area (Å²) in [6, 6.07) is 4.18. The van der Waals surface area contributed by atoms with E-state index in [1.165, 1.54) is 0 Å². The van der Waals surface area contributed by atoms with Crippen molar-refractivity contribution in [3.63, 3.8) is 0 Å². The Morgan fingerprint density at radius 2 is 1.31 bits per heavy atom. The first-order chi connectivity index (χ1) is 15.1. The fraction of sp³-hybridized carbons (Fsp3) is 0.550. The lowest BCUT2D eigenvalue weighted by molar-refractivity contribution is -0.146. The van der Waals surface area contributed by atoms with Crippen LogP contribution in [0.1, 0.15) is 24.2 Å². The van der Waals surface area contributed by atoms with E-state index >= 15 is 0 Å². The number of hydrogen-bond acceptors (Lipinski definition) is 8. The summed E-state index contributed by atoms with van der Waals surface area (Å²) in [4.78, 5) is 54.9. The van der Waals surface area contributed by atoms with Crippen molar-refractivity contribution >= 4 is 23.9 Å². The number of rotatable bonds is 9. The molecule has 0 saturated heterocycles. The molecule has 32 heavy (non-hydrogen) atoms. The van der Waals surface area contributed by atoms with Gasteiger partial charge in [-0.1, -0.05) is 6.07 Å². The van der Waals surface area contributed by atoms with Gasteiger partial charge in [-0.15, -0.1) is 0 Å². The van der Waals surface area contributed by atoms with E-state index in [1.807, 2.05) is 0 Å². The highest BCUT2D eigenvalue weighted by Crippen LogP contribution is 2.13. The number of carboxylic acids is 4. The maximum atomic E-state index is 11.9. The van der Waals surface area contributed by atoms with E-state index in [2.05, 4.69) is 4.98 Å². The molecule has 0 aromatic carbocycles.